The molecule has 2 N–H and O–H groups in total. The van der Waals surface area contributed by atoms with Gasteiger partial charge in [0.2, 0.25) is 10.0 Å². The molecule has 0 saturated carbocycles. The van der Waals surface area contributed by atoms with E-state index in [0.29, 0.717) is 23.9 Å². The van der Waals surface area contributed by atoms with Gasteiger partial charge in [0, 0.05) is 28.9 Å². The first-order valence-corrected chi connectivity index (χ1v) is 11.6. The summed E-state index contributed by atoms with van der Waals surface area (Å²) in [7, 11) is -3.67. The minimum atomic E-state index is -3.67. The number of ether oxygens (including phenoxy) is 1. The number of rotatable bonds is 6. The van der Waals surface area contributed by atoms with Gasteiger partial charge in [0.25, 0.3) is 5.91 Å². The zero-order chi connectivity index (χ0) is 22.0. The summed E-state index contributed by atoms with van der Waals surface area (Å²) >= 11 is 6.20. The molecule has 3 aromatic rings. The Morgan fingerprint density at radius 2 is 1.77 bits per heavy atom. The Hall–Kier alpha value is -2.81. The first-order valence-electron chi connectivity index (χ1n) is 9.79. The molecule has 1 fully saturated rings. The van der Waals surface area contributed by atoms with Crippen LogP contribution in [0.2, 0.25) is 5.02 Å². The van der Waals surface area contributed by atoms with Gasteiger partial charge in [0.15, 0.2) is 6.61 Å². The number of carbonyl (C=O) groups excluding carboxylic acids is 1. The molecule has 1 aliphatic rings. The summed E-state index contributed by atoms with van der Waals surface area (Å²) in [6.07, 6.45) is 1.63. The van der Waals surface area contributed by atoms with Gasteiger partial charge in [0.05, 0.1) is 10.6 Å². The minimum absolute atomic E-state index is 0.00911. The molecule has 1 heterocycles. The molecule has 0 atom stereocenters. The highest BCUT2D eigenvalue weighted by Gasteiger charge is 2.28. The van der Waals surface area contributed by atoms with Crippen molar-refractivity contribution in [3.05, 3.63) is 59.6 Å². The molecular weight excluding hydrogens is 440 g/mol. The average Bonchev–Trinajstić information content (AvgIpc) is 3.31. The fourth-order valence-corrected chi connectivity index (χ4v) is 5.32. The second-order valence-corrected chi connectivity index (χ2v) is 9.56. The molecule has 0 spiro atoms. The lowest BCUT2D eigenvalue weighted by Crippen LogP contribution is -2.28. The van der Waals surface area contributed by atoms with E-state index < -0.39 is 15.9 Å². The van der Waals surface area contributed by atoms with Crippen molar-refractivity contribution < 1.29 is 23.1 Å². The molecule has 3 aromatic carbocycles. The van der Waals surface area contributed by atoms with E-state index in [1.165, 1.54) is 22.5 Å². The van der Waals surface area contributed by atoms with E-state index in [2.05, 4.69) is 5.32 Å². The maximum Gasteiger partial charge on any atom is 0.262 e. The van der Waals surface area contributed by atoms with Gasteiger partial charge in [-0.05, 0) is 43.2 Å². The lowest BCUT2D eigenvalue weighted by atomic mass is 10.1. The highest BCUT2D eigenvalue weighted by Crippen LogP contribution is 2.32. The number of hydrogen-bond acceptors (Lipinski definition) is 5. The lowest BCUT2D eigenvalue weighted by Gasteiger charge is -2.17. The SMILES string of the molecule is O=C(COc1ccc(Cl)c2ccccc12)Nc1cc(S(=O)(=O)N2CCCC2)ccc1O. The van der Waals surface area contributed by atoms with Crippen LogP contribution in [-0.4, -0.2) is 43.4 Å². The normalized spacial score (nSPS) is 14.6. The van der Waals surface area contributed by atoms with Crippen molar-refractivity contribution in [3.63, 3.8) is 0 Å². The molecule has 9 heteroatoms. The van der Waals surface area contributed by atoms with Gasteiger partial charge < -0.3 is 15.2 Å². The minimum Gasteiger partial charge on any atom is -0.506 e. The quantitative estimate of drug-likeness (QED) is 0.542. The van der Waals surface area contributed by atoms with E-state index in [4.69, 9.17) is 16.3 Å². The van der Waals surface area contributed by atoms with Crippen LogP contribution in [0.25, 0.3) is 10.8 Å². The van der Waals surface area contributed by atoms with E-state index in [-0.39, 0.29) is 22.9 Å². The molecule has 0 aliphatic carbocycles. The van der Waals surface area contributed by atoms with Crippen LogP contribution in [0.1, 0.15) is 12.8 Å². The Morgan fingerprint density at radius 3 is 2.52 bits per heavy atom. The molecule has 0 unspecified atom stereocenters. The number of aromatic hydroxyl groups is 1. The number of fused-ring (bicyclic) bond motifs is 1. The van der Waals surface area contributed by atoms with Crippen molar-refractivity contribution in [1.82, 2.24) is 4.31 Å². The van der Waals surface area contributed by atoms with Crippen LogP contribution in [0.5, 0.6) is 11.5 Å². The summed E-state index contributed by atoms with van der Waals surface area (Å²) in [6.45, 7) is 0.607. The average molecular weight is 461 g/mol. The van der Waals surface area contributed by atoms with Gasteiger partial charge >= 0.3 is 0 Å². The molecule has 4 rings (SSSR count). The molecule has 0 bridgehead atoms. The van der Waals surface area contributed by atoms with Crippen LogP contribution in [0.4, 0.5) is 5.69 Å². The standard InChI is InChI=1S/C22H21ClN2O5S/c23-18-8-10-21(17-6-2-1-5-16(17)18)30-14-22(27)24-19-13-15(7-9-20(19)26)31(28,29)25-11-3-4-12-25/h1-2,5-10,13,26H,3-4,11-12,14H2,(H,24,27). The second-order valence-electron chi connectivity index (χ2n) is 7.22. The predicted octanol–water partition coefficient (Wildman–Crippen LogP) is 4.00. The van der Waals surface area contributed by atoms with Crippen molar-refractivity contribution >= 4 is 44.0 Å². The van der Waals surface area contributed by atoms with Crippen LogP contribution in [0.3, 0.4) is 0 Å². The number of amides is 1. The van der Waals surface area contributed by atoms with Crippen molar-refractivity contribution in [2.75, 3.05) is 25.0 Å². The molecular formula is C22H21ClN2O5S. The number of halogens is 1. The Labute approximate surface area is 185 Å². The predicted molar refractivity (Wildman–Crippen MR) is 119 cm³/mol. The van der Waals surface area contributed by atoms with Crippen molar-refractivity contribution in [2.24, 2.45) is 0 Å². The van der Waals surface area contributed by atoms with Gasteiger partial charge in [-0.15, -0.1) is 0 Å². The third-order valence-corrected chi connectivity index (χ3v) is 7.36. The summed E-state index contributed by atoms with van der Waals surface area (Å²) in [5.41, 5.74) is 0.00911. The van der Waals surface area contributed by atoms with Crippen molar-refractivity contribution in [3.8, 4) is 11.5 Å². The fourth-order valence-electron chi connectivity index (χ4n) is 3.54. The molecule has 0 radical (unpaired) electrons. The first kappa shape index (κ1) is 21.4. The van der Waals surface area contributed by atoms with Crippen molar-refractivity contribution in [2.45, 2.75) is 17.7 Å². The maximum absolute atomic E-state index is 12.7. The monoisotopic (exact) mass is 460 g/mol. The van der Waals surface area contributed by atoms with Gasteiger partial charge in [-0.1, -0.05) is 35.9 Å². The van der Waals surface area contributed by atoms with Crippen LogP contribution in [0.15, 0.2) is 59.5 Å². The molecule has 1 amide bonds. The highest BCUT2D eigenvalue weighted by atomic mass is 35.5. The Bertz CT molecular complexity index is 1240. The van der Waals surface area contributed by atoms with Gasteiger partial charge in [-0.25, -0.2) is 8.42 Å². The summed E-state index contributed by atoms with van der Waals surface area (Å²) in [6, 6.07) is 14.6. The third-order valence-electron chi connectivity index (χ3n) is 5.13. The van der Waals surface area contributed by atoms with Crippen molar-refractivity contribution in [1.29, 1.82) is 0 Å². The van der Waals surface area contributed by atoms with E-state index in [9.17, 15) is 18.3 Å². The molecule has 162 valence electrons. The number of sulfonamides is 1. The number of carbonyl (C=O) groups is 1. The number of phenolic OH excluding ortho intramolecular Hbond substituents is 1. The molecule has 31 heavy (non-hydrogen) atoms. The molecule has 0 aromatic heterocycles. The van der Waals surface area contributed by atoms with Gasteiger partial charge in [0.1, 0.15) is 11.5 Å². The number of phenols is 1. The third kappa shape index (κ3) is 4.46. The first-order chi connectivity index (χ1) is 14.9. The number of benzene rings is 3. The van der Waals surface area contributed by atoms with E-state index >= 15 is 0 Å². The van der Waals surface area contributed by atoms with E-state index in [0.717, 1.165) is 23.6 Å². The summed E-state index contributed by atoms with van der Waals surface area (Å²) in [4.78, 5) is 12.4. The number of nitrogens with one attached hydrogen (secondary N) is 1. The van der Waals surface area contributed by atoms with Crippen LogP contribution in [-0.2, 0) is 14.8 Å². The summed E-state index contributed by atoms with van der Waals surface area (Å²) in [5.74, 6) is -0.277. The van der Waals surface area contributed by atoms with Crippen LogP contribution >= 0.6 is 11.6 Å². The Kier molecular flexibility index (Phi) is 6.04. The van der Waals surface area contributed by atoms with E-state index in [1.54, 1.807) is 12.1 Å². The topological polar surface area (TPSA) is 95.9 Å². The molecule has 1 saturated heterocycles. The van der Waals surface area contributed by atoms with Gasteiger partial charge in [-0.2, -0.15) is 4.31 Å². The Balaban J connectivity index is 1.49. The number of hydrogen-bond donors (Lipinski definition) is 2. The Morgan fingerprint density at radius 1 is 1.06 bits per heavy atom. The summed E-state index contributed by atoms with van der Waals surface area (Å²) < 4.78 is 32.5. The zero-order valence-corrected chi connectivity index (χ0v) is 18.1. The molecule has 7 nitrogen and oxygen atoms in total. The lowest BCUT2D eigenvalue weighted by molar-refractivity contribution is -0.118. The highest BCUT2D eigenvalue weighted by molar-refractivity contribution is 7.89. The fraction of sp³-hybridized carbons (Fsp3) is 0.227. The van der Waals surface area contributed by atoms with Crippen LogP contribution < -0.4 is 10.1 Å². The van der Waals surface area contributed by atoms with E-state index in [1.807, 2.05) is 24.3 Å². The number of nitrogens with zero attached hydrogens (tertiary/aromatic N) is 1. The smallest absolute Gasteiger partial charge is 0.262 e. The molecule has 1 aliphatic heterocycles. The summed E-state index contributed by atoms with van der Waals surface area (Å²) in [5, 5.41) is 14.8. The zero-order valence-electron chi connectivity index (χ0n) is 16.5. The van der Waals surface area contributed by atoms with Crippen LogP contribution in [0, 0.1) is 0 Å². The maximum atomic E-state index is 12.7. The van der Waals surface area contributed by atoms with Gasteiger partial charge in [-0.3, -0.25) is 4.79 Å². The largest absolute Gasteiger partial charge is 0.506 e. The number of anilines is 1. The second kappa shape index (κ2) is 8.74.